The van der Waals surface area contributed by atoms with E-state index in [-0.39, 0.29) is 0 Å². The lowest BCUT2D eigenvalue weighted by atomic mass is 10.0. The summed E-state index contributed by atoms with van der Waals surface area (Å²) in [6.07, 6.45) is 2.16. The van der Waals surface area contributed by atoms with E-state index in [1.54, 1.807) is 0 Å². The van der Waals surface area contributed by atoms with Crippen LogP contribution in [0.4, 0.5) is 0 Å². The predicted octanol–water partition coefficient (Wildman–Crippen LogP) is 0.739. The molecule has 2 aliphatic rings. The van der Waals surface area contributed by atoms with Gasteiger partial charge in [0.05, 0.1) is 6.61 Å². The van der Waals surface area contributed by atoms with Crippen LogP contribution in [0.25, 0.3) is 0 Å². The molecule has 20 heavy (non-hydrogen) atoms. The molecule has 1 atom stereocenters. The van der Waals surface area contributed by atoms with E-state index in [1.807, 2.05) is 0 Å². The molecule has 110 valence electrons. The summed E-state index contributed by atoms with van der Waals surface area (Å²) < 4.78 is 5.56. The summed E-state index contributed by atoms with van der Waals surface area (Å²) in [5.74, 6) is 1.08. The summed E-state index contributed by atoms with van der Waals surface area (Å²) >= 11 is 0. The van der Waals surface area contributed by atoms with E-state index in [2.05, 4.69) is 35.0 Å². The number of piperazine rings is 1. The van der Waals surface area contributed by atoms with Crippen LogP contribution in [0.2, 0.25) is 0 Å². The van der Waals surface area contributed by atoms with Crippen molar-refractivity contribution in [3.63, 3.8) is 0 Å². The van der Waals surface area contributed by atoms with Crippen molar-refractivity contribution in [3.8, 4) is 5.75 Å². The van der Waals surface area contributed by atoms with Crippen LogP contribution in [0.15, 0.2) is 18.2 Å². The largest absolute Gasteiger partial charge is 0.493 e. The standard InChI is InChI=1S/C16H25N3O/c1-18-7-8-19(15(11-17)12-18)6-4-13-2-3-16-14(10-13)5-9-20-16/h2-3,10,15H,4-9,11-12,17H2,1H3. The maximum absolute atomic E-state index is 5.91. The number of nitrogens with two attached hydrogens (primary N) is 1. The Bertz CT molecular complexity index is 463. The first-order valence-electron chi connectivity index (χ1n) is 7.63. The van der Waals surface area contributed by atoms with Crippen molar-refractivity contribution >= 4 is 0 Å². The van der Waals surface area contributed by atoms with Gasteiger partial charge in [0.2, 0.25) is 0 Å². The van der Waals surface area contributed by atoms with Crippen LogP contribution in [0.3, 0.4) is 0 Å². The number of nitrogens with zero attached hydrogens (tertiary/aromatic N) is 2. The molecule has 0 spiro atoms. The highest BCUT2D eigenvalue weighted by atomic mass is 16.5. The molecule has 4 nitrogen and oxygen atoms in total. The summed E-state index contributed by atoms with van der Waals surface area (Å²) in [6.45, 7) is 6.07. The van der Waals surface area contributed by atoms with E-state index < -0.39 is 0 Å². The second-order valence-electron chi connectivity index (χ2n) is 5.98. The van der Waals surface area contributed by atoms with E-state index in [4.69, 9.17) is 10.5 Å². The molecule has 4 heteroatoms. The van der Waals surface area contributed by atoms with Crippen molar-refractivity contribution in [2.45, 2.75) is 18.9 Å². The van der Waals surface area contributed by atoms with Gasteiger partial charge in [-0.1, -0.05) is 12.1 Å². The van der Waals surface area contributed by atoms with Gasteiger partial charge in [0, 0.05) is 45.2 Å². The third kappa shape index (κ3) is 2.97. The fourth-order valence-electron chi connectivity index (χ4n) is 3.23. The van der Waals surface area contributed by atoms with Gasteiger partial charge >= 0.3 is 0 Å². The van der Waals surface area contributed by atoms with Gasteiger partial charge in [-0.25, -0.2) is 0 Å². The molecular weight excluding hydrogens is 250 g/mol. The Morgan fingerprint density at radius 3 is 3.10 bits per heavy atom. The van der Waals surface area contributed by atoms with Gasteiger partial charge in [-0.2, -0.15) is 0 Å². The molecule has 1 aromatic rings. The van der Waals surface area contributed by atoms with Crippen LogP contribution in [-0.2, 0) is 12.8 Å². The molecule has 0 radical (unpaired) electrons. The minimum Gasteiger partial charge on any atom is -0.493 e. The van der Waals surface area contributed by atoms with Crippen LogP contribution in [0.5, 0.6) is 5.75 Å². The average molecular weight is 275 g/mol. The fourth-order valence-corrected chi connectivity index (χ4v) is 3.23. The summed E-state index contributed by atoms with van der Waals surface area (Å²) in [5, 5.41) is 0. The van der Waals surface area contributed by atoms with Crippen molar-refractivity contribution in [2.24, 2.45) is 5.73 Å². The maximum atomic E-state index is 5.91. The van der Waals surface area contributed by atoms with Crippen molar-refractivity contribution in [3.05, 3.63) is 29.3 Å². The average Bonchev–Trinajstić information content (AvgIpc) is 2.93. The maximum Gasteiger partial charge on any atom is 0.122 e. The van der Waals surface area contributed by atoms with Gasteiger partial charge in [-0.15, -0.1) is 0 Å². The number of ether oxygens (including phenoxy) is 1. The molecule has 1 unspecified atom stereocenters. The molecule has 2 aliphatic heterocycles. The van der Waals surface area contributed by atoms with Crippen molar-refractivity contribution in [1.29, 1.82) is 0 Å². The van der Waals surface area contributed by atoms with Gasteiger partial charge in [-0.05, 0) is 30.7 Å². The van der Waals surface area contributed by atoms with E-state index in [1.165, 1.54) is 11.1 Å². The van der Waals surface area contributed by atoms with Crippen LogP contribution in [0, 0.1) is 0 Å². The minimum atomic E-state index is 0.506. The molecular formula is C16H25N3O. The lowest BCUT2D eigenvalue weighted by Gasteiger charge is -2.39. The Kier molecular flexibility index (Phi) is 4.24. The highest BCUT2D eigenvalue weighted by Crippen LogP contribution is 2.26. The molecule has 1 aromatic carbocycles. The summed E-state index contributed by atoms with van der Waals surface area (Å²) in [7, 11) is 2.18. The van der Waals surface area contributed by atoms with Crippen LogP contribution in [-0.4, -0.2) is 62.2 Å². The molecule has 0 saturated carbocycles. The first kappa shape index (κ1) is 13.9. The number of fused-ring (bicyclic) bond motifs is 1. The Labute approximate surface area is 121 Å². The molecule has 0 aliphatic carbocycles. The highest BCUT2D eigenvalue weighted by molar-refractivity contribution is 5.39. The lowest BCUT2D eigenvalue weighted by molar-refractivity contribution is 0.0955. The van der Waals surface area contributed by atoms with Crippen molar-refractivity contribution < 1.29 is 4.74 Å². The number of rotatable bonds is 4. The molecule has 1 fully saturated rings. The zero-order valence-corrected chi connectivity index (χ0v) is 12.3. The normalized spacial score (nSPS) is 23.6. The van der Waals surface area contributed by atoms with E-state index in [0.717, 1.165) is 57.9 Å². The van der Waals surface area contributed by atoms with Gasteiger partial charge in [0.25, 0.3) is 0 Å². The summed E-state index contributed by atoms with van der Waals surface area (Å²) in [4.78, 5) is 4.92. The zero-order chi connectivity index (χ0) is 13.9. The van der Waals surface area contributed by atoms with E-state index >= 15 is 0 Å². The zero-order valence-electron chi connectivity index (χ0n) is 12.3. The Morgan fingerprint density at radius 1 is 1.35 bits per heavy atom. The molecule has 2 N–H and O–H groups in total. The quantitative estimate of drug-likeness (QED) is 0.880. The fraction of sp³-hybridized carbons (Fsp3) is 0.625. The van der Waals surface area contributed by atoms with Crippen LogP contribution in [0.1, 0.15) is 11.1 Å². The predicted molar refractivity (Wildman–Crippen MR) is 81.3 cm³/mol. The van der Waals surface area contributed by atoms with Crippen LogP contribution < -0.4 is 10.5 Å². The number of hydrogen-bond donors (Lipinski definition) is 1. The summed E-state index contributed by atoms with van der Waals surface area (Å²) in [5.41, 5.74) is 8.71. The Balaban J connectivity index is 1.58. The summed E-state index contributed by atoms with van der Waals surface area (Å²) in [6, 6.07) is 7.15. The van der Waals surface area contributed by atoms with Crippen molar-refractivity contribution in [1.82, 2.24) is 9.80 Å². The van der Waals surface area contributed by atoms with E-state index in [0.29, 0.717) is 6.04 Å². The topological polar surface area (TPSA) is 41.7 Å². The second kappa shape index (κ2) is 6.12. The molecule has 3 rings (SSSR count). The molecule has 2 heterocycles. The SMILES string of the molecule is CN1CCN(CCc2ccc3c(c2)CCO3)C(CN)C1. The monoisotopic (exact) mass is 275 g/mol. The minimum absolute atomic E-state index is 0.506. The molecule has 1 saturated heterocycles. The highest BCUT2D eigenvalue weighted by Gasteiger charge is 2.23. The smallest absolute Gasteiger partial charge is 0.122 e. The molecule has 0 bridgehead atoms. The first-order valence-corrected chi connectivity index (χ1v) is 7.63. The molecule has 0 aromatic heterocycles. The second-order valence-corrected chi connectivity index (χ2v) is 5.98. The number of likely N-dealkylation sites (N-methyl/N-ethyl adjacent to an activating group) is 1. The first-order chi connectivity index (χ1) is 9.76. The van der Waals surface area contributed by atoms with Gasteiger partial charge < -0.3 is 15.4 Å². The number of benzene rings is 1. The van der Waals surface area contributed by atoms with Gasteiger partial charge in [0.1, 0.15) is 5.75 Å². The lowest BCUT2D eigenvalue weighted by Crippen LogP contribution is -2.55. The number of hydrogen-bond acceptors (Lipinski definition) is 4. The Hall–Kier alpha value is -1.10. The van der Waals surface area contributed by atoms with E-state index in [9.17, 15) is 0 Å². The third-order valence-electron chi connectivity index (χ3n) is 4.52. The Morgan fingerprint density at radius 2 is 2.25 bits per heavy atom. The van der Waals surface area contributed by atoms with Gasteiger partial charge in [-0.3, -0.25) is 4.90 Å². The van der Waals surface area contributed by atoms with Crippen LogP contribution >= 0.6 is 0 Å². The third-order valence-corrected chi connectivity index (χ3v) is 4.52. The van der Waals surface area contributed by atoms with Gasteiger partial charge in [0.15, 0.2) is 0 Å². The van der Waals surface area contributed by atoms with Crippen molar-refractivity contribution in [2.75, 3.05) is 46.4 Å². The molecule has 0 amide bonds.